The average Bonchev–Trinajstić information content (AvgIpc) is 2.91. The van der Waals surface area contributed by atoms with E-state index in [1.807, 2.05) is 0 Å². The second-order valence-electron chi connectivity index (χ2n) is 9.11. The lowest BCUT2D eigenvalue weighted by molar-refractivity contribution is 0.192. The molecule has 0 fully saturated rings. The monoisotopic (exact) mass is 640 g/mol. The molecule has 2 aromatic carbocycles. The van der Waals surface area contributed by atoms with Crippen molar-refractivity contribution in [3.63, 3.8) is 0 Å². The van der Waals surface area contributed by atoms with Gasteiger partial charge in [0.25, 0.3) is 5.56 Å². The van der Waals surface area contributed by atoms with Crippen LogP contribution in [0.15, 0.2) is 53.5 Å². The molecule has 0 spiro atoms. The molecule has 1 amide bonds. The first kappa shape index (κ1) is 31.2. The first-order valence-corrected chi connectivity index (χ1v) is 16.1. The van der Waals surface area contributed by atoms with Crippen molar-refractivity contribution in [3.05, 3.63) is 69.6 Å². The number of amides is 1. The molecule has 1 aliphatic rings. The predicted molar refractivity (Wildman–Crippen MR) is 157 cm³/mol. The molecule has 2 heterocycles. The maximum absolute atomic E-state index is 13.1. The number of benzene rings is 2. The van der Waals surface area contributed by atoms with Crippen molar-refractivity contribution in [3.8, 4) is 28.4 Å². The van der Waals surface area contributed by atoms with Gasteiger partial charge in [-0.15, -0.1) is 0 Å². The van der Waals surface area contributed by atoms with Gasteiger partial charge in [-0.1, -0.05) is 11.6 Å². The molecule has 1 aliphatic heterocycles. The molecule has 0 aliphatic carbocycles. The predicted octanol–water partition coefficient (Wildman–Crippen LogP) is 3.44. The summed E-state index contributed by atoms with van der Waals surface area (Å²) in [5, 5.41) is 2.57. The molecule has 0 unspecified atom stereocenters. The molecule has 0 atom stereocenters. The molecule has 0 saturated carbocycles. The van der Waals surface area contributed by atoms with Gasteiger partial charge in [0, 0.05) is 59.8 Å². The van der Waals surface area contributed by atoms with Crippen LogP contribution < -0.4 is 25.1 Å². The average molecular weight is 641 g/mol. The third-order valence-electron chi connectivity index (χ3n) is 6.12. The number of rotatable bonds is 6. The Bertz CT molecular complexity index is 1780. The van der Waals surface area contributed by atoms with Crippen molar-refractivity contribution < 1.29 is 35.3 Å². The number of nitrogens with zero attached hydrogens (tertiary/aromatic N) is 2. The highest BCUT2D eigenvalue weighted by Crippen LogP contribution is 2.41. The number of pyridine rings is 1. The van der Waals surface area contributed by atoms with Gasteiger partial charge in [0.05, 0.1) is 12.3 Å². The van der Waals surface area contributed by atoms with Crippen LogP contribution in [0.4, 0.5) is 10.5 Å². The second kappa shape index (κ2) is 12.6. The first-order chi connectivity index (χ1) is 19.8. The number of carbonyl (C=O) groups excluding carboxylic acids is 1. The molecule has 226 valence electrons. The molecule has 4 rings (SSSR count). The number of hydrogen-bond donors (Lipinski definition) is 2. The Labute approximate surface area is 248 Å². The lowest BCUT2D eigenvalue weighted by Gasteiger charge is -2.25. The van der Waals surface area contributed by atoms with Gasteiger partial charge in [0.15, 0.2) is 0 Å². The van der Waals surface area contributed by atoms with Crippen LogP contribution >= 0.6 is 11.6 Å². The fourth-order valence-electron chi connectivity index (χ4n) is 4.01. The SMILES string of the molecule is CCNC(=O)OS(=O)(=O)N1CCOc2cc(=O)n(C)cc2-c2cc(NS(=O)(=O)CC)ccc2Oc2ccc(Cl)cc2C1. The number of sulfonamides is 1. The van der Waals surface area contributed by atoms with Gasteiger partial charge in [-0.25, -0.2) is 13.2 Å². The quantitative estimate of drug-likeness (QED) is 0.411. The number of halogens is 1. The fraction of sp³-hybridized carbons (Fsp3) is 0.308. The summed E-state index contributed by atoms with van der Waals surface area (Å²) >= 11 is 6.24. The zero-order valence-corrected chi connectivity index (χ0v) is 25.3. The number of nitrogens with one attached hydrogen (secondary N) is 2. The van der Waals surface area contributed by atoms with Crippen LogP contribution in [-0.2, 0) is 38.1 Å². The van der Waals surface area contributed by atoms with Crippen LogP contribution in [-0.4, -0.2) is 57.3 Å². The Morgan fingerprint density at radius 1 is 1.02 bits per heavy atom. The molecule has 16 heteroatoms. The third-order valence-corrected chi connectivity index (χ3v) is 8.97. The van der Waals surface area contributed by atoms with Crippen molar-refractivity contribution in [1.29, 1.82) is 0 Å². The second-order valence-corrected chi connectivity index (χ2v) is 13.1. The first-order valence-electron chi connectivity index (χ1n) is 12.7. The molecular weight excluding hydrogens is 612 g/mol. The molecule has 0 bridgehead atoms. The van der Waals surface area contributed by atoms with E-state index in [1.165, 1.54) is 49.0 Å². The van der Waals surface area contributed by atoms with E-state index in [-0.39, 0.29) is 54.9 Å². The number of hydrogen-bond acceptors (Lipinski definition) is 9. The van der Waals surface area contributed by atoms with Crippen molar-refractivity contribution in [2.75, 3.05) is 30.2 Å². The minimum absolute atomic E-state index is 0.0948. The van der Waals surface area contributed by atoms with E-state index in [2.05, 4.69) is 10.0 Å². The van der Waals surface area contributed by atoms with Crippen molar-refractivity contribution in [2.24, 2.45) is 7.05 Å². The van der Waals surface area contributed by atoms with Crippen LogP contribution in [0.2, 0.25) is 5.02 Å². The molecule has 42 heavy (non-hydrogen) atoms. The van der Waals surface area contributed by atoms with E-state index in [0.29, 0.717) is 21.7 Å². The van der Waals surface area contributed by atoms with E-state index in [4.69, 9.17) is 25.3 Å². The van der Waals surface area contributed by atoms with Crippen LogP contribution in [0.3, 0.4) is 0 Å². The molecule has 13 nitrogen and oxygen atoms in total. The van der Waals surface area contributed by atoms with Crippen LogP contribution in [0.1, 0.15) is 19.4 Å². The summed E-state index contributed by atoms with van der Waals surface area (Å²) in [5.74, 6) is 0.424. The largest absolute Gasteiger partial charge is 0.491 e. The van der Waals surface area contributed by atoms with Gasteiger partial charge in [-0.3, -0.25) is 9.52 Å². The minimum Gasteiger partial charge on any atom is -0.491 e. The normalized spacial score (nSPS) is 14.0. The minimum atomic E-state index is -4.62. The third kappa shape index (κ3) is 7.34. The van der Waals surface area contributed by atoms with E-state index in [0.717, 1.165) is 4.31 Å². The van der Waals surface area contributed by atoms with E-state index >= 15 is 0 Å². The van der Waals surface area contributed by atoms with Crippen molar-refractivity contribution in [2.45, 2.75) is 20.4 Å². The summed E-state index contributed by atoms with van der Waals surface area (Å²) in [5.41, 5.74) is 0.946. The Morgan fingerprint density at radius 2 is 1.76 bits per heavy atom. The smallest absolute Gasteiger partial charge is 0.423 e. The molecule has 0 radical (unpaired) electrons. The topological polar surface area (TPSA) is 162 Å². The van der Waals surface area contributed by atoms with Crippen LogP contribution in [0.25, 0.3) is 11.1 Å². The van der Waals surface area contributed by atoms with Gasteiger partial charge in [0.2, 0.25) is 10.0 Å². The maximum Gasteiger partial charge on any atom is 0.423 e. The Morgan fingerprint density at radius 3 is 2.48 bits per heavy atom. The molecular formula is C26H29ClN4O9S2. The zero-order chi connectivity index (χ0) is 30.7. The Hall–Kier alpha value is -3.79. The summed E-state index contributed by atoms with van der Waals surface area (Å²) in [7, 11) is -6.69. The molecule has 3 aromatic rings. The van der Waals surface area contributed by atoms with Crippen molar-refractivity contribution >= 4 is 43.7 Å². The van der Waals surface area contributed by atoms with Crippen LogP contribution in [0, 0.1) is 0 Å². The number of fused-ring (bicyclic) bond motifs is 4. The van der Waals surface area contributed by atoms with Gasteiger partial charge < -0.3 is 23.5 Å². The molecule has 1 aromatic heterocycles. The van der Waals surface area contributed by atoms with E-state index in [9.17, 15) is 26.4 Å². The zero-order valence-electron chi connectivity index (χ0n) is 22.9. The summed E-state index contributed by atoms with van der Waals surface area (Å²) in [6, 6.07) is 10.4. The van der Waals surface area contributed by atoms with Gasteiger partial charge in [-0.2, -0.15) is 12.7 Å². The maximum atomic E-state index is 13.1. The van der Waals surface area contributed by atoms with Crippen LogP contribution in [0.5, 0.6) is 17.2 Å². The highest BCUT2D eigenvalue weighted by atomic mass is 35.5. The van der Waals surface area contributed by atoms with Gasteiger partial charge in [-0.05, 0) is 50.2 Å². The van der Waals surface area contributed by atoms with Gasteiger partial charge in [0.1, 0.15) is 23.9 Å². The van der Waals surface area contributed by atoms with Gasteiger partial charge >= 0.3 is 16.4 Å². The van der Waals surface area contributed by atoms with Crippen molar-refractivity contribution in [1.82, 2.24) is 14.2 Å². The standard InChI is InChI=1S/C26H29ClN4O9S2/c1-4-28-26(33)40-42(36,37)31-10-11-38-24-14-25(32)30(3)16-21(24)20-13-19(29-41(34,35)5-2)7-9-23(20)39-22-8-6-18(27)12-17(22)15-31/h6-9,12-14,16,29H,4-5,10-11,15H2,1-3H3,(H,28,33). The lowest BCUT2D eigenvalue weighted by atomic mass is 10.0. The number of anilines is 1. The number of aryl methyl sites for hydroxylation is 1. The summed E-state index contributed by atoms with van der Waals surface area (Å²) in [4.78, 5) is 24.5. The molecule has 2 N–H and O–H groups in total. The highest BCUT2D eigenvalue weighted by molar-refractivity contribution is 7.92. The number of ether oxygens (including phenoxy) is 2. The van der Waals surface area contributed by atoms with E-state index in [1.54, 1.807) is 25.1 Å². The fourth-order valence-corrected chi connectivity index (χ4v) is 5.78. The number of carbonyl (C=O) groups is 1. The lowest BCUT2D eigenvalue weighted by Crippen LogP contribution is -2.39. The Kier molecular flexibility index (Phi) is 9.35. The summed E-state index contributed by atoms with van der Waals surface area (Å²) in [6.45, 7) is 2.42. The Balaban J connectivity index is 1.89. The number of aromatic nitrogens is 1. The van der Waals surface area contributed by atoms with E-state index < -0.39 is 32.0 Å². The molecule has 0 saturated heterocycles. The summed E-state index contributed by atoms with van der Waals surface area (Å²) < 4.78 is 72.4. The summed E-state index contributed by atoms with van der Waals surface area (Å²) in [6.07, 6.45) is 0.350. The highest BCUT2D eigenvalue weighted by Gasteiger charge is 2.29.